The molecule has 5 aliphatic carbocycles. The van der Waals surface area contributed by atoms with E-state index in [1.165, 1.54) is 151 Å². The van der Waals surface area contributed by atoms with Crippen LogP contribution in [0.3, 0.4) is 0 Å². The van der Waals surface area contributed by atoms with Crippen molar-refractivity contribution in [2.75, 3.05) is 4.90 Å². The van der Waals surface area contributed by atoms with Crippen LogP contribution in [0.4, 0.5) is 17.1 Å². The summed E-state index contributed by atoms with van der Waals surface area (Å²) in [4.78, 5) is 2.51. The molecular formula is C63H53NS. The highest BCUT2D eigenvalue weighted by molar-refractivity contribution is 7.25. The van der Waals surface area contributed by atoms with Gasteiger partial charge < -0.3 is 4.90 Å². The fourth-order valence-corrected chi connectivity index (χ4v) is 15.8. The van der Waals surface area contributed by atoms with E-state index in [-0.39, 0.29) is 10.8 Å². The fraction of sp³-hybridized carbons (Fsp3) is 0.238. The van der Waals surface area contributed by atoms with Crippen LogP contribution in [0.2, 0.25) is 0 Å². The Hall–Kier alpha value is -6.22. The molecule has 4 atom stereocenters. The SMILES string of the molecule is C[C@H]1CC2CCC[C@H](C2)[C@@]12c1ccccc1-c1cc(-c3ccc4c(c3)sc3cc(N(c5ccc(-c6ccccc6)cc5)c5ccc6c(c5)C5(CCCC5)c5ccccc5-6)ccc34)ccc12. The molecule has 1 aromatic heterocycles. The second-order valence-electron chi connectivity index (χ2n) is 20.3. The van der Waals surface area contributed by atoms with Gasteiger partial charge in [0.25, 0.3) is 0 Å². The van der Waals surface area contributed by atoms with Crippen LogP contribution in [-0.2, 0) is 10.8 Å². The Morgan fingerprint density at radius 1 is 0.446 bits per heavy atom. The van der Waals surface area contributed by atoms with Crippen LogP contribution in [0.5, 0.6) is 0 Å². The number of rotatable bonds is 5. The van der Waals surface area contributed by atoms with Crippen LogP contribution in [-0.4, -0.2) is 0 Å². The summed E-state index contributed by atoms with van der Waals surface area (Å²) in [6.45, 7) is 2.57. The van der Waals surface area contributed by atoms with Crippen LogP contribution in [0, 0.1) is 17.8 Å². The van der Waals surface area contributed by atoms with Crippen molar-refractivity contribution in [3.05, 3.63) is 198 Å². The van der Waals surface area contributed by atoms with Crippen molar-refractivity contribution < 1.29 is 0 Å². The van der Waals surface area contributed by atoms with Crippen molar-refractivity contribution >= 4 is 48.6 Å². The lowest BCUT2D eigenvalue weighted by atomic mass is 9.51. The molecule has 0 amide bonds. The molecule has 1 heterocycles. The Balaban J connectivity index is 0.868. The van der Waals surface area contributed by atoms with E-state index in [9.17, 15) is 0 Å². The quantitative estimate of drug-likeness (QED) is 0.167. The molecule has 1 nitrogen and oxygen atoms in total. The number of nitrogens with zero attached hydrogens (tertiary/aromatic N) is 1. The normalized spacial score (nSPS) is 22.0. The summed E-state index contributed by atoms with van der Waals surface area (Å²) >= 11 is 1.93. The minimum absolute atomic E-state index is 0.106. The number of benzene rings is 8. The van der Waals surface area contributed by atoms with Crippen LogP contribution >= 0.6 is 11.3 Å². The zero-order valence-electron chi connectivity index (χ0n) is 37.2. The molecule has 0 radical (unpaired) electrons. The Bertz CT molecular complexity index is 3350. The molecule has 2 heteroatoms. The van der Waals surface area contributed by atoms with Gasteiger partial charge >= 0.3 is 0 Å². The largest absolute Gasteiger partial charge is 0.310 e. The average molecular weight is 856 g/mol. The van der Waals surface area contributed by atoms with Crippen LogP contribution in [0.25, 0.3) is 64.7 Å². The van der Waals surface area contributed by atoms with E-state index < -0.39 is 0 Å². The Kier molecular flexibility index (Phi) is 8.43. The highest BCUT2D eigenvalue weighted by Crippen LogP contribution is 2.64. The van der Waals surface area contributed by atoms with Crippen LogP contribution in [0.1, 0.15) is 87.0 Å². The average Bonchev–Trinajstić information content (AvgIpc) is 4.13. The maximum Gasteiger partial charge on any atom is 0.0476 e. The van der Waals surface area contributed by atoms with Crippen molar-refractivity contribution in [3.63, 3.8) is 0 Å². The number of thiophene rings is 1. The highest BCUT2D eigenvalue weighted by atomic mass is 32.1. The summed E-state index contributed by atoms with van der Waals surface area (Å²) < 4.78 is 2.67. The van der Waals surface area contributed by atoms with Gasteiger partial charge in [-0.2, -0.15) is 0 Å². The van der Waals surface area contributed by atoms with Gasteiger partial charge in [0.15, 0.2) is 0 Å². The van der Waals surface area contributed by atoms with Gasteiger partial charge in [-0.05, 0) is 165 Å². The zero-order valence-corrected chi connectivity index (χ0v) is 38.0. The number of hydrogen-bond donors (Lipinski definition) is 0. The van der Waals surface area contributed by atoms with Crippen molar-refractivity contribution in [2.45, 2.75) is 75.5 Å². The fourth-order valence-electron chi connectivity index (χ4n) is 14.6. The summed E-state index contributed by atoms with van der Waals surface area (Å²) in [7, 11) is 0. The van der Waals surface area contributed by atoms with E-state index in [2.05, 4.69) is 188 Å². The number of hydrogen-bond acceptors (Lipinski definition) is 2. The third kappa shape index (κ3) is 5.50. The lowest BCUT2D eigenvalue weighted by molar-refractivity contribution is 0.0670. The van der Waals surface area contributed by atoms with Crippen molar-refractivity contribution in [2.24, 2.45) is 17.8 Å². The monoisotopic (exact) mass is 855 g/mol. The summed E-state index contributed by atoms with van der Waals surface area (Å²) in [5.41, 5.74) is 21.0. The van der Waals surface area contributed by atoms with Gasteiger partial charge in [-0.15, -0.1) is 11.3 Å². The summed E-state index contributed by atoms with van der Waals surface area (Å²) in [6, 6.07) is 67.9. The predicted molar refractivity (Wildman–Crippen MR) is 275 cm³/mol. The third-order valence-corrected chi connectivity index (χ3v) is 18.4. The molecule has 0 saturated heterocycles. The molecule has 9 aromatic rings. The Morgan fingerprint density at radius 2 is 1.05 bits per heavy atom. The van der Waals surface area contributed by atoms with Crippen LogP contribution in [0.15, 0.2) is 176 Å². The molecule has 8 aromatic carbocycles. The van der Waals surface area contributed by atoms with Crippen LogP contribution < -0.4 is 4.90 Å². The molecule has 0 N–H and O–H groups in total. The standard InChI is InChI=1S/C63H53NS/c1-40-34-41-12-11-15-46(35-41)63(40)57-19-8-6-17-51(57)55-36-44(23-31-58(55)63)45-22-28-53-54-30-27-49(39-61(54)65-60(53)37-45)64(47-24-20-43(21-25-47)42-13-3-2-4-14-42)48-26-29-52-50-16-5-7-18-56(50)62(59(52)38-48)32-9-10-33-62/h2-8,13-14,16-31,36-41,46H,9-12,15,32-35H2,1H3/t40-,41?,46+,63+/m0/s1. The van der Waals surface area contributed by atoms with Gasteiger partial charge in [-0.3, -0.25) is 0 Å². The van der Waals surface area contributed by atoms with E-state index in [4.69, 9.17) is 0 Å². The molecule has 2 spiro atoms. The number of anilines is 3. The summed E-state index contributed by atoms with van der Waals surface area (Å²) in [6.07, 6.45) is 12.0. The first-order valence-electron chi connectivity index (χ1n) is 24.5. The molecule has 1 unspecified atom stereocenters. The molecule has 316 valence electrons. The van der Waals surface area contributed by atoms with Gasteiger partial charge in [-0.25, -0.2) is 0 Å². The van der Waals surface area contributed by atoms with Gasteiger partial charge in [0, 0.05) is 48.1 Å². The molecule has 2 bridgehead atoms. The third-order valence-electron chi connectivity index (χ3n) is 17.3. The van der Waals surface area contributed by atoms with E-state index in [1.807, 2.05) is 11.3 Å². The summed E-state index contributed by atoms with van der Waals surface area (Å²) in [5, 5.41) is 2.67. The van der Waals surface area contributed by atoms with Gasteiger partial charge in [0.1, 0.15) is 0 Å². The van der Waals surface area contributed by atoms with Crippen molar-refractivity contribution in [1.29, 1.82) is 0 Å². The molecule has 3 fully saturated rings. The smallest absolute Gasteiger partial charge is 0.0476 e. The maximum atomic E-state index is 2.57. The van der Waals surface area contributed by atoms with Gasteiger partial charge in [-0.1, -0.05) is 160 Å². The van der Waals surface area contributed by atoms with Crippen molar-refractivity contribution in [3.8, 4) is 44.5 Å². The Morgan fingerprint density at radius 3 is 1.88 bits per heavy atom. The van der Waals surface area contributed by atoms with E-state index in [1.54, 1.807) is 11.1 Å². The predicted octanol–water partition coefficient (Wildman–Crippen LogP) is 17.8. The molecule has 0 aliphatic heterocycles. The Labute approximate surface area is 387 Å². The van der Waals surface area contributed by atoms with E-state index in [0.29, 0.717) is 5.92 Å². The highest BCUT2D eigenvalue weighted by Gasteiger charge is 2.55. The second-order valence-corrected chi connectivity index (χ2v) is 21.4. The van der Waals surface area contributed by atoms with Gasteiger partial charge in [0.2, 0.25) is 0 Å². The molecular weight excluding hydrogens is 803 g/mol. The van der Waals surface area contributed by atoms with E-state index >= 15 is 0 Å². The molecule has 65 heavy (non-hydrogen) atoms. The van der Waals surface area contributed by atoms with Crippen molar-refractivity contribution in [1.82, 2.24) is 0 Å². The first-order chi connectivity index (χ1) is 32.1. The molecule has 5 aliphatic rings. The lowest BCUT2D eigenvalue weighted by Gasteiger charge is -2.53. The van der Waals surface area contributed by atoms with Gasteiger partial charge in [0.05, 0.1) is 0 Å². The second kappa shape index (κ2) is 14.4. The number of fused-ring (bicyclic) bond motifs is 16. The zero-order chi connectivity index (χ0) is 42.9. The summed E-state index contributed by atoms with van der Waals surface area (Å²) in [5.74, 6) is 2.31. The molecule has 3 saturated carbocycles. The lowest BCUT2D eigenvalue weighted by Crippen LogP contribution is -2.47. The first-order valence-corrected chi connectivity index (χ1v) is 25.3. The minimum Gasteiger partial charge on any atom is -0.310 e. The topological polar surface area (TPSA) is 3.24 Å². The molecule has 14 rings (SSSR count). The first kappa shape index (κ1) is 38.1. The maximum absolute atomic E-state index is 2.57. The van der Waals surface area contributed by atoms with E-state index in [0.717, 1.165) is 11.8 Å². The minimum atomic E-state index is 0.106.